The van der Waals surface area contributed by atoms with Crippen molar-refractivity contribution in [2.24, 2.45) is 0 Å². The smallest absolute Gasteiger partial charge is 1.00 e. The molecule has 3 N–H and O–H groups in total. The van der Waals surface area contributed by atoms with Crippen LogP contribution in [0.5, 0.6) is 0 Å². The number of carbonyl (C=O) groups is 1. The maximum atomic E-state index is 9.94. The van der Waals surface area contributed by atoms with E-state index < -0.39 is 17.7 Å². The van der Waals surface area contributed by atoms with Crippen LogP contribution in [0.4, 0.5) is 0 Å². The number of hydrogen-bond donors (Lipinski definition) is 3. The minimum atomic E-state index is -1.71. The molecule has 0 aromatic carbocycles. The topological polar surface area (TPSA) is 77.8 Å². The van der Waals surface area contributed by atoms with E-state index >= 15 is 0 Å². The van der Waals surface area contributed by atoms with E-state index in [9.17, 15) is 4.79 Å². The van der Waals surface area contributed by atoms with Crippen LogP contribution in [-0.4, -0.2) is 33.0 Å². The first-order chi connectivity index (χ1) is 3.85. The van der Waals surface area contributed by atoms with Gasteiger partial charge in [0, 0.05) is 0 Å². The minimum Gasteiger partial charge on any atom is -1.00 e. The van der Waals surface area contributed by atoms with Crippen LogP contribution in [0.2, 0.25) is 0 Å². The third-order valence-electron chi connectivity index (χ3n) is 0.903. The molecule has 1 atom stereocenters. The molecule has 0 spiro atoms. The Kier molecular flexibility index (Phi) is 6.55. The normalized spacial score (nSPS) is 13.6. The number of aliphatic carboxylic acids is 1. The van der Waals surface area contributed by atoms with E-state index in [2.05, 4.69) is 0 Å². The van der Waals surface area contributed by atoms with E-state index in [4.69, 9.17) is 15.3 Å². The summed E-state index contributed by atoms with van der Waals surface area (Å²) in [6.07, 6.45) is -1.71. The molecule has 0 aliphatic carbocycles. The fourth-order valence-electron chi connectivity index (χ4n) is 0.302. The Labute approximate surface area is 103 Å². The molecule has 0 rings (SSSR count). The second-order valence-electron chi connectivity index (χ2n) is 2.39. The standard InChI is InChI=1S/C5H10O4.K.H/c1-5(2,9)3(6)4(7)8;;/h3,6,9H,1-2H3,(H,7,8);;/q;+1;-1. The zero-order valence-electron chi connectivity index (χ0n) is 7.33. The fourth-order valence-corrected chi connectivity index (χ4v) is 0.302. The quantitative estimate of drug-likeness (QED) is 0.377. The van der Waals surface area contributed by atoms with Crippen LogP contribution in [0.1, 0.15) is 15.3 Å². The molecule has 0 aromatic heterocycles. The number of aliphatic hydroxyl groups excluding tert-OH is 1. The van der Waals surface area contributed by atoms with Crippen LogP contribution in [0.25, 0.3) is 0 Å². The van der Waals surface area contributed by atoms with E-state index in [1.807, 2.05) is 0 Å². The van der Waals surface area contributed by atoms with Gasteiger partial charge in [-0.3, -0.25) is 0 Å². The van der Waals surface area contributed by atoms with E-state index in [1.54, 1.807) is 0 Å². The Morgan fingerprint density at radius 3 is 1.90 bits per heavy atom. The van der Waals surface area contributed by atoms with Gasteiger partial charge in [-0.25, -0.2) is 4.79 Å². The van der Waals surface area contributed by atoms with Crippen molar-refractivity contribution in [2.45, 2.75) is 25.6 Å². The van der Waals surface area contributed by atoms with Crippen LogP contribution in [0.3, 0.4) is 0 Å². The summed E-state index contributed by atoms with van der Waals surface area (Å²) in [5.41, 5.74) is -1.56. The van der Waals surface area contributed by atoms with Crippen LogP contribution >= 0.6 is 0 Å². The third-order valence-corrected chi connectivity index (χ3v) is 0.903. The molecule has 56 valence electrons. The predicted molar refractivity (Wildman–Crippen MR) is 31.1 cm³/mol. The molecule has 0 saturated carbocycles. The van der Waals surface area contributed by atoms with Crippen molar-refractivity contribution in [3.63, 3.8) is 0 Å². The molecular formula is C5H11KO4. The zero-order valence-corrected chi connectivity index (χ0v) is 9.45. The second-order valence-corrected chi connectivity index (χ2v) is 2.39. The van der Waals surface area contributed by atoms with Gasteiger partial charge in [0.05, 0.1) is 5.60 Å². The van der Waals surface area contributed by atoms with Gasteiger partial charge in [0.2, 0.25) is 0 Å². The number of rotatable bonds is 2. The molecule has 0 fully saturated rings. The summed E-state index contributed by atoms with van der Waals surface area (Å²) in [7, 11) is 0. The number of carboxylic acid groups (broad SMARTS) is 1. The maximum absolute atomic E-state index is 9.94. The molecule has 5 heteroatoms. The zero-order chi connectivity index (χ0) is 7.65. The summed E-state index contributed by atoms with van der Waals surface area (Å²) >= 11 is 0. The van der Waals surface area contributed by atoms with Crippen molar-refractivity contribution in [3.8, 4) is 0 Å². The molecule has 0 radical (unpaired) electrons. The Morgan fingerprint density at radius 1 is 1.60 bits per heavy atom. The van der Waals surface area contributed by atoms with E-state index in [0.717, 1.165) is 0 Å². The first-order valence-electron chi connectivity index (χ1n) is 2.49. The predicted octanol–water partition coefficient (Wildman–Crippen LogP) is -3.68. The molecule has 0 saturated heterocycles. The molecular weight excluding hydrogens is 163 g/mol. The number of aliphatic hydroxyl groups is 2. The van der Waals surface area contributed by atoms with Crippen molar-refractivity contribution in [1.82, 2.24) is 0 Å². The molecule has 0 bridgehead atoms. The van der Waals surface area contributed by atoms with Gasteiger partial charge in [-0.1, -0.05) is 0 Å². The van der Waals surface area contributed by atoms with Gasteiger partial charge < -0.3 is 16.7 Å². The first-order valence-corrected chi connectivity index (χ1v) is 2.49. The first kappa shape index (κ1) is 13.6. The Balaban J connectivity index is -0.000000320. The summed E-state index contributed by atoms with van der Waals surface area (Å²) < 4.78 is 0. The van der Waals surface area contributed by atoms with Crippen molar-refractivity contribution in [1.29, 1.82) is 0 Å². The summed E-state index contributed by atoms with van der Waals surface area (Å²) in [5.74, 6) is -1.41. The van der Waals surface area contributed by atoms with Crippen molar-refractivity contribution >= 4 is 5.97 Å². The molecule has 10 heavy (non-hydrogen) atoms. The number of carboxylic acids is 1. The average molecular weight is 174 g/mol. The van der Waals surface area contributed by atoms with Crippen molar-refractivity contribution in [2.75, 3.05) is 0 Å². The summed E-state index contributed by atoms with van der Waals surface area (Å²) in [5, 5.41) is 25.5. The Hall–Kier alpha value is 1.03. The van der Waals surface area contributed by atoms with Crippen LogP contribution < -0.4 is 51.4 Å². The summed E-state index contributed by atoms with van der Waals surface area (Å²) in [6, 6.07) is 0. The van der Waals surface area contributed by atoms with E-state index in [1.165, 1.54) is 13.8 Å². The van der Waals surface area contributed by atoms with Gasteiger partial charge in [-0.15, -0.1) is 0 Å². The van der Waals surface area contributed by atoms with Crippen LogP contribution in [0.15, 0.2) is 0 Å². The van der Waals surface area contributed by atoms with Gasteiger partial charge in [0.1, 0.15) is 0 Å². The Bertz CT molecular complexity index is 122. The van der Waals surface area contributed by atoms with Gasteiger partial charge >= 0.3 is 57.4 Å². The molecule has 0 aliphatic heterocycles. The van der Waals surface area contributed by atoms with Gasteiger partial charge in [-0.05, 0) is 13.8 Å². The van der Waals surface area contributed by atoms with E-state index in [0.29, 0.717) is 0 Å². The van der Waals surface area contributed by atoms with Gasteiger partial charge in [0.15, 0.2) is 6.10 Å². The summed E-state index contributed by atoms with van der Waals surface area (Å²) in [6.45, 7) is 2.46. The molecule has 0 amide bonds. The van der Waals surface area contributed by atoms with Gasteiger partial charge in [0.25, 0.3) is 0 Å². The minimum absolute atomic E-state index is 0. The fraction of sp³-hybridized carbons (Fsp3) is 0.800. The molecule has 4 nitrogen and oxygen atoms in total. The maximum Gasteiger partial charge on any atom is 1.00 e. The van der Waals surface area contributed by atoms with Crippen molar-refractivity contribution in [3.05, 3.63) is 0 Å². The number of hydrogen-bond acceptors (Lipinski definition) is 3. The monoisotopic (exact) mass is 174 g/mol. The van der Waals surface area contributed by atoms with E-state index in [-0.39, 0.29) is 52.8 Å². The SMILES string of the molecule is CC(C)(O)C(O)C(=O)O.[H-].[K+]. The molecule has 0 aromatic rings. The summed E-state index contributed by atoms with van der Waals surface area (Å²) in [4.78, 5) is 9.94. The van der Waals surface area contributed by atoms with Crippen molar-refractivity contribution < 1.29 is 72.9 Å². The Morgan fingerprint density at radius 2 is 1.90 bits per heavy atom. The van der Waals surface area contributed by atoms with Crippen LogP contribution in [0, 0.1) is 0 Å². The molecule has 0 aliphatic rings. The largest absolute Gasteiger partial charge is 1.00 e. The second kappa shape index (κ2) is 4.81. The molecule has 1 unspecified atom stereocenters. The average Bonchev–Trinajstić information content (AvgIpc) is 1.62. The third kappa shape index (κ3) is 4.78. The molecule has 0 heterocycles. The van der Waals surface area contributed by atoms with Crippen LogP contribution in [-0.2, 0) is 4.79 Å². The van der Waals surface area contributed by atoms with Gasteiger partial charge in [-0.2, -0.15) is 0 Å².